The van der Waals surface area contributed by atoms with Crippen molar-refractivity contribution in [2.75, 3.05) is 30.3 Å². The number of nitrogens with zero attached hydrogens (tertiary/aromatic N) is 2. The minimum absolute atomic E-state index is 0.0455. The summed E-state index contributed by atoms with van der Waals surface area (Å²) in [5.74, 6) is 0.123. The summed E-state index contributed by atoms with van der Waals surface area (Å²) < 4.78 is 30.5. The highest BCUT2D eigenvalue weighted by Gasteiger charge is 2.22. The Bertz CT molecular complexity index is 960. The van der Waals surface area contributed by atoms with Gasteiger partial charge in [-0.15, -0.1) is 0 Å². The summed E-state index contributed by atoms with van der Waals surface area (Å²) >= 11 is 0. The lowest BCUT2D eigenvalue weighted by Gasteiger charge is -2.21. The molecule has 0 saturated carbocycles. The van der Waals surface area contributed by atoms with E-state index in [1.165, 1.54) is 23.8 Å². The lowest BCUT2D eigenvalue weighted by atomic mass is 10.2. The Balaban J connectivity index is 1.93. The number of hydrogen-bond acceptors (Lipinski definition) is 6. The van der Waals surface area contributed by atoms with E-state index in [9.17, 15) is 23.3 Å². The van der Waals surface area contributed by atoms with Crippen LogP contribution in [0.5, 0.6) is 5.75 Å². The first kappa shape index (κ1) is 22.2. The highest BCUT2D eigenvalue weighted by atomic mass is 32.2. The number of sulfonamides is 1. The van der Waals surface area contributed by atoms with Gasteiger partial charge in [-0.1, -0.05) is 25.1 Å². The molecule has 0 radical (unpaired) electrons. The van der Waals surface area contributed by atoms with Crippen LogP contribution in [-0.2, 0) is 21.2 Å². The Morgan fingerprint density at radius 2 is 1.90 bits per heavy atom. The summed E-state index contributed by atoms with van der Waals surface area (Å²) in [6.45, 7) is 1.96. The fraction of sp³-hybridized carbons (Fsp3) is 0.316. The van der Waals surface area contributed by atoms with E-state index in [4.69, 9.17) is 4.74 Å². The van der Waals surface area contributed by atoms with Crippen LogP contribution in [0.1, 0.15) is 12.5 Å². The molecule has 9 nitrogen and oxygen atoms in total. The molecular weight excluding hydrogens is 398 g/mol. The van der Waals surface area contributed by atoms with Gasteiger partial charge in [-0.3, -0.25) is 19.2 Å². The monoisotopic (exact) mass is 421 g/mol. The fourth-order valence-corrected chi connectivity index (χ4v) is 3.38. The van der Waals surface area contributed by atoms with E-state index in [1.54, 1.807) is 0 Å². The smallest absolute Gasteiger partial charge is 0.271 e. The quantitative estimate of drug-likeness (QED) is 0.357. The molecule has 1 N–H and O–H groups in total. The first-order chi connectivity index (χ1) is 13.7. The molecule has 0 aromatic heterocycles. The average molecular weight is 421 g/mol. The second-order valence-electron chi connectivity index (χ2n) is 6.24. The largest absolute Gasteiger partial charge is 0.492 e. The highest BCUT2D eigenvalue weighted by Crippen LogP contribution is 2.22. The topological polar surface area (TPSA) is 119 Å². The second kappa shape index (κ2) is 9.87. The lowest BCUT2D eigenvalue weighted by molar-refractivity contribution is -0.384. The summed E-state index contributed by atoms with van der Waals surface area (Å²) in [6, 6.07) is 12.7. The van der Waals surface area contributed by atoms with Gasteiger partial charge in [0.15, 0.2) is 0 Å². The second-order valence-corrected chi connectivity index (χ2v) is 8.15. The van der Waals surface area contributed by atoms with Crippen LogP contribution in [0.2, 0.25) is 0 Å². The van der Waals surface area contributed by atoms with Crippen molar-refractivity contribution in [2.45, 2.75) is 13.3 Å². The third-order valence-corrected chi connectivity index (χ3v) is 5.18. The number of hydrogen-bond donors (Lipinski definition) is 1. The maximum atomic E-state index is 12.2. The summed E-state index contributed by atoms with van der Waals surface area (Å²) in [5.41, 5.74) is 0.968. The summed E-state index contributed by atoms with van der Waals surface area (Å²) in [4.78, 5) is 22.5. The number of carbonyl (C=O) groups excluding carboxylic acids is 1. The maximum absolute atomic E-state index is 12.2. The number of ether oxygens (including phenoxy) is 1. The van der Waals surface area contributed by atoms with Crippen LogP contribution >= 0.6 is 0 Å². The zero-order valence-electron chi connectivity index (χ0n) is 16.2. The van der Waals surface area contributed by atoms with Gasteiger partial charge in [-0.2, -0.15) is 0 Å². The molecule has 156 valence electrons. The molecule has 0 spiro atoms. The normalized spacial score (nSPS) is 11.0. The van der Waals surface area contributed by atoms with E-state index in [1.807, 2.05) is 24.3 Å². The van der Waals surface area contributed by atoms with Crippen LogP contribution in [-0.4, -0.2) is 45.2 Å². The minimum atomic E-state index is -3.82. The molecular formula is C19H23N3O6S. The van der Waals surface area contributed by atoms with E-state index in [2.05, 4.69) is 12.2 Å². The third-order valence-electron chi connectivity index (χ3n) is 4.04. The molecule has 0 fully saturated rings. The Hall–Kier alpha value is -3.14. The molecule has 0 aliphatic carbocycles. The van der Waals surface area contributed by atoms with Crippen molar-refractivity contribution in [1.29, 1.82) is 0 Å². The molecule has 0 heterocycles. The predicted octanol–water partition coefficient (Wildman–Crippen LogP) is 2.12. The molecule has 2 aromatic rings. The van der Waals surface area contributed by atoms with Crippen molar-refractivity contribution in [1.82, 2.24) is 5.32 Å². The molecule has 2 aromatic carbocycles. The molecule has 0 aliphatic rings. The van der Waals surface area contributed by atoms with E-state index < -0.39 is 27.4 Å². The molecule has 1 amide bonds. The number of nitro groups is 1. The minimum Gasteiger partial charge on any atom is -0.492 e. The number of nitro benzene ring substituents is 1. The SMILES string of the molecule is CCc1ccc(OCCNC(=O)CN(c2cccc([N+](=O)[O-])c2)S(C)(=O)=O)cc1. The first-order valence-electron chi connectivity index (χ1n) is 8.91. The predicted molar refractivity (Wildman–Crippen MR) is 110 cm³/mol. The van der Waals surface area contributed by atoms with E-state index in [0.717, 1.165) is 23.0 Å². The number of amides is 1. The van der Waals surface area contributed by atoms with Gasteiger partial charge in [0.05, 0.1) is 23.4 Å². The van der Waals surface area contributed by atoms with Gasteiger partial charge in [-0.25, -0.2) is 8.42 Å². The summed E-state index contributed by atoms with van der Waals surface area (Å²) in [7, 11) is -3.82. The van der Waals surface area contributed by atoms with Crippen molar-refractivity contribution >= 4 is 27.3 Å². The van der Waals surface area contributed by atoms with Crippen molar-refractivity contribution in [3.8, 4) is 5.75 Å². The van der Waals surface area contributed by atoms with Crippen LogP contribution in [0.15, 0.2) is 48.5 Å². The van der Waals surface area contributed by atoms with Crippen molar-refractivity contribution < 1.29 is 22.9 Å². The Kier molecular flexibility index (Phi) is 7.54. The average Bonchev–Trinajstić information content (AvgIpc) is 2.69. The van der Waals surface area contributed by atoms with Crippen molar-refractivity contribution in [3.63, 3.8) is 0 Å². The van der Waals surface area contributed by atoms with Gasteiger partial charge < -0.3 is 10.1 Å². The number of rotatable bonds is 10. The highest BCUT2D eigenvalue weighted by molar-refractivity contribution is 7.92. The number of non-ortho nitro benzene ring substituents is 1. The van der Waals surface area contributed by atoms with Crippen LogP contribution in [0.25, 0.3) is 0 Å². The molecule has 10 heteroatoms. The van der Waals surface area contributed by atoms with Crippen LogP contribution in [0.4, 0.5) is 11.4 Å². The molecule has 0 aliphatic heterocycles. The van der Waals surface area contributed by atoms with Gasteiger partial charge in [-0.05, 0) is 30.2 Å². The summed E-state index contributed by atoms with van der Waals surface area (Å²) in [6.07, 6.45) is 1.86. The molecule has 0 atom stereocenters. The Morgan fingerprint density at radius 1 is 1.21 bits per heavy atom. The van der Waals surface area contributed by atoms with Gasteiger partial charge in [0, 0.05) is 12.1 Å². The summed E-state index contributed by atoms with van der Waals surface area (Å²) in [5, 5.41) is 13.5. The zero-order chi connectivity index (χ0) is 21.4. The van der Waals surface area contributed by atoms with Crippen LogP contribution in [0, 0.1) is 10.1 Å². The van der Waals surface area contributed by atoms with E-state index >= 15 is 0 Å². The number of nitrogens with one attached hydrogen (secondary N) is 1. The number of carbonyl (C=O) groups is 1. The molecule has 0 bridgehead atoms. The standard InChI is InChI=1S/C19H23N3O6S/c1-3-15-7-9-18(10-8-15)28-12-11-20-19(23)14-21(29(2,26)27)16-5-4-6-17(13-16)22(24)25/h4-10,13H,3,11-12,14H2,1-2H3,(H,20,23). The number of benzene rings is 2. The first-order valence-corrected chi connectivity index (χ1v) is 10.8. The molecule has 0 unspecified atom stereocenters. The van der Waals surface area contributed by atoms with Crippen LogP contribution < -0.4 is 14.4 Å². The zero-order valence-corrected chi connectivity index (χ0v) is 17.0. The molecule has 0 saturated heterocycles. The van der Waals surface area contributed by atoms with Crippen molar-refractivity contribution in [3.05, 3.63) is 64.2 Å². The Labute approximate surface area is 169 Å². The lowest BCUT2D eigenvalue weighted by Crippen LogP contribution is -2.41. The van der Waals surface area contributed by atoms with Gasteiger partial charge >= 0.3 is 0 Å². The van der Waals surface area contributed by atoms with E-state index in [0.29, 0.717) is 5.75 Å². The molecule has 29 heavy (non-hydrogen) atoms. The third kappa shape index (κ3) is 6.75. The Morgan fingerprint density at radius 3 is 2.48 bits per heavy atom. The number of anilines is 1. The van der Waals surface area contributed by atoms with Gasteiger partial charge in [0.1, 0.15) is 18.9 Å². The van der Waals surface area contributed by atoms with E-state index in [-0.39, 0.29) is 24.5 Å². The molecule has 2 rings (SSSR count). The van der Waals surface area contributed by atoms with Crippen LogP contribution in [0.3, 0.4) is 0 Å². The maximum Gasteiger partial charge on any atom is 0.271 e. The van der Waals surface area contributed by atoms with Crippen molar-refractivity contribution in [2.24, 2.45) is 0 Å². The van der Waals surface area contributed by atoms with Gasteiger partial charge in [0.2, 0.25) is 15.9 Å². The fourth-order valence-electron chi connectivity index (χ4n) is 2.53. The number of aryl methyl sites for hydroxylation is 1. The van der Waals surface area contributed by atoms with Gasteiger partial charge in [0.25, 0.3) is 5.69 Å².